The number of unbranched alkanes of at least 4 members (excludes halogenated alkanes) is 1. The number of aliphatic imine (C=N–C) groups is 1. The van der Waals surface area contributed by atoms with Crippen molar-refractivity contribution in [3.8, 4) is 5.75 Å². The van der Waals surface area contributed by atoms with Gasteiger partial charge in [0.2, 0.25) is 47.3 Å². The molecule has 2 aliphatic heterocycles. The SMILES string of the molecule is CC(C)C[C@@H]1NC(=O)[C@H](CCCN=C(N)N)NC(=O)[C@@H](N)C/C=C\C[C@@H](C(=O)N[C@@H](CCCCN)C(=O)NCC(=O)N2CCC[C@H]2C(=O)N[C@@H](Cc2ccc(OCc3ccccc3)cc2)C(=O)O)NC(=O)[C@H](CO)NC1=O. The zero-order chi connectivity index (χ0) is 56.4. The van der Waals surface area contributed by atoms with E-state index in [0.717, 1.165) is 5.56 Å². The molecule has 77 heavy (non-hydrogen) atoms. The number of aliphatic hydroxyl groups is 1. The van der Waals surface area contributed by atoms with Crippen LogP contribution in [-0.4, -0.2) is 155 Å². The summed E-state index contributed by atoms with van der Waals surface area (Å²) in [7, 11) is 0. The largest absolute Gasteiger partial charge is 0.489 e. The number of carboxylic acids is 1. The smallest absolute Gasteiger partial charge is 0.326 e. The van der Waals surface area contributed by atoms with E-state index in [-0.39, 0.29) is 82.9 Å². The summed E-state index contributed by atoms with van der Waals surface area (Å²) in [6, 6.07) is 6.13. The maximum absolute atomic E-state index is 14.1. The number of ether oxygens (including phenoxy) is 1. The van der Waals surface area contributed by atoms with Gasteiger partial charge in [0.05, 0.1) is 19.2 Å². The van der Waals surface area contributed by atoms with Crippen LogP contribution in [0.2, 0.25) is 0 Å². The number of amides is 8. The number of guanidine groups is 1. The number of nitrogens with two attached hydrogens (primary N) is 4. The third-order valence-electron chi connectivity index (χ3n) is 12.7. The number of carbonyl (C=O) groups excluding carboxylic acids is 8. The highest BCUT2D eigenvalue weighted by Gasteiger charge is 2.37. The summed E-state index contributed by atoms with van der Waals surface area (Å²) in [4.78, 5) is 127. The van der Waals surface area contributed by atoms with Crippen LogP contribution in [0.1, 0.15) is 89.2 Å². The summed E-state index contributed by atoms with van der Waals surface area (Å²) >= 11 is 0. The Kier molecular flexibility index (Phi) is 25.8. The molecule has 25 nitrogen and oxygen atoms in total. The van der Waals surface area contributed by atoms with E-state index >= 15 is 0 Å². The molecular formula is C52H77N13O12. The molecule has 25 heteroatoms. The highest BCUT2D eigenvalue weighted by Crippen LogP contribution is 2.20. The molecule has 1 saturated heterocycles. The highest BCUT2D eigenvalue weighted by atomic mass is 16.5. The van der Waals surface area contributed by atoms with Crippen LogP contribution in [0.5, 0.6) is 5.75 Å². The average molecular weight is 1080 g/mol. The van der Waals surface area contributed by atoms with Gasteiger partial charge in [-0.25, -0.2) is 4.79 Å². The number of nitrogens with one attached hydrogen (secondary N) is 7. The number of carboxylic acid groups (broad SMARTS) is 1. The zero-order valence-electron chi connectivity index (χ0n) is 43.7. The molecule has 2 aromatic carbocycles. The minimum absolute atomic E-state index is 0.0474. The Balaban J connectivity index is 1.45. The molecule has 1 fully saturated rings. The molecule has 8 amide bonds. The quantitative estimate of drug-likeness (QED) is 0.0230. The van der Waals surface area contributed by atoms with Crippen LogP contribution < -0.4 is 64.9 Å². The van der Waals surface area contributed by atoms with E-state index in [9.17, 15) is 53.4 Å². The summed E-state index contributed by atoms with van der Waals surface area (Å²) < 4.78 is 5.83. The minimum Gasteiger partial charge on any atom is -0.489 e. The van der Waals surface area contributed by atoms with Crippen molar-refractivity contribution in [3.05, 3.63) is 77.9 Å². The second-order valence-corrected chi connectivity index (χ2v) is 19.4. The summed E-state index contributed by atoms with van der Waals surface area (Å²) in [6.07, 6.45) is 4.53. The van der Waals surface area contributed by atoms with Crippen molar-refractivity contribution in [2.75, 3.05) is 32.8 Å². The van der Waals surface area contributed by atoms with Crippen molar-refractivity contribution >= 4 is 59.2 Å². The lowest BCUT2D eigenvalue weighted by molar-refractivity contribution is -0.144. The predicted molar refractivity (Wildman–Crippen MR) is 284 cm³/mol. The number of nitrogens with zero attached hydrogens (tertiary/aromatic N) is 2. The molecule has 2 aromatic rings. The number of rotatable bonds is 24. The molecule has 2 heterocycles. The first kappa shape index (κ1) is 61.9. The zero-order valence-corrected chi connectivity index (χ0v) is 43.7. The Labute approximate surface area is 447 Å². The first-order valence-corrected chi connectivity index (χ1v) is 25.9. The molecule has 422 valence electrons. The number of aliphatic hydroxyl groups excluding tert-OH is 1. The summed E-state index contributed by atoms with van der Waals surface area (Å²) in [5.41, 5.74) is 24.4. The molecule has 0 aromatic heterocycles. The van der Waals surface area contributed by atoms with E-state index in [1.807, 2.05) is 30.3 Å². The molecular weight excluding hydrogens is 999 g/mol. The van der Waals surface area contributed by atoms with E-state index < -0.39 is 115 Å². The van der Waals surface area contributed by atoms with Gasteiger partial charge in [-0.15, -0.1) is 0 Å². The normalized spacial score (nSPS) is 21.7. The third-order valence-corrected chi connectivity index (χ3v) is 12.7. The van der Waals surface area contributed by atoms with Gasteiger partial charge >= 0.3 is 5.97 Å². The number of carbonyl (C=O) groups is 9. The Hall–Kier alpha value is -7.64. The molecule has 2 aliphatic rings. The van der Waals surface area contributed by atoms with Crippen molar-refractivity contribution in [2.45, 2.75) is 139 Å². The van der Waals surface area contributed by atoms with Crippen molar-refractivity contribution in [2.24, 2.45) is 33.8 Å². The molecule has 0 bridgehead atoms. The molecule has 0 saturated carbocycles. The number of hydrogen-bond acceptors (Lipinski definition) is 14. The Morgan fingerprint density at radius 3 is 2.10 bits per heavy atom. The first-order valence-electron chi connectivity index (χ1n) is 25.9. The first-order chi connectivity index (χ1) is 36.8. The van der Waals surface area contributed by atoms with Gasteiger partial charge in [-0.1, -0.05) is 68.5 Å². The van der Waals surface area contributed by atoms with Gasteiger partial charge in [-0.2, -0.15) is 0 Å². The van der Waals surface area contributed by atoms with Crippen LogP contribution in [0.4, 0.5) is 0 Å². The van der Waals surface area contributed by atoms with Crippen LogP contribution in [0, 0.1) is 5.92 Å². The molecule has 0 unspecified atom stereocenters. The fraction of sp³-hybridized carbons (Fsp3) is 0.538. The van der Waals surface area contributed by atoms with E-state index in [4.69, 9.17) is 27.7 Å². The molecule has 0 radical (unpaired) electrons. The Morgan fingerprint density at radius 1 is 0.792 bits per heavy atom. The van der Waals surface area contributed by atoms with E-state index in [1.54, 1.807) is 38.1 Å². The topological polar surface area (TPSA) is 407 Å². The lowest BCUT2D eigenvalue weighted by Crippen LogP contribution is -2.60. The maximum atomic E-state index is 14.1. The van der Waals surface area contributed by atoms with Gasteiger partial charge in [0.1, 0.15) is 54.6 Å². The van der Waals surface area contributed by atoms with Crippen molar-refractivity contribution in [3.63, 3.8) is 0 Å². The maximum Gasteiger partial charge on any atom is 0.326 e. The lowest BCUT2D eigenvalue weighted by Gasteiger charge is -2.27. The van der Waals surface area contributed by atoms with Crippen LogP contribution >= 0.6 is 0 Å². The van der Waals surface area contributed by atoms with Gasteiger partial charge < -0.3 is 80.0 Å². The van der Waals surface area contributed by atoms with Gasteiger partial charge in [0.15, 0.2) is 5.96 Å². The highest BCUT2D eigenvalue weighted by molar-refractivity contribution is 5.98. The fourth-order valence-electron chi connectivity index (χ4n) is 8.50. The molecule has 0 spiro atoms. The third kappa shape index (κ3) is 21.1. The molecule has 17 N–H and O–H groups in total. The molecule has 0 aliphatic carbocycles. The summed E-state index contributed by atoms with van der Waals surface area (Å²) in [5, 5.41) is 38.4. The minimum atomic E-state index is -1.61. The lowest BCUT2D eigenvalue weighted by atomic mass is 10.0. The van der Waals surface area contributed by atoms with Crippen molar-refractivity contribution < 1.29 is 58.1 Å². The number of hydrogen-bond donors (Lipinski definition) is 13. The summed E-state index contributed by atoms with van der Waals surface area (Å²) in [5.74, 6) is -7.22. The Morgan fingerprint density at radius 2 is 1.44 bits per heavy atom. The van der Waals surface area contributed by atoms with Crippen molar-refractivity contribution in [1.82, 2.24) is 42.1 Å². The van der Waals surface area contributed by atoms with Gasteiger partial charge in [0.25, 0.3) is 0 Å². The second-order valence-electron chi connectivity index (χ2n) is 19.4. The van der Waals surface area contributed by atoms with Crippen molar-refractivity contribution in [1.29, 1.82) is 0 Å². The van der Waals surface area contributed by atoms with E-state index in [2.05, 4.69) is 42.2 Å². The fourth-order valence-corrected chi connectivity index (χ4v) is 8.50. The monoisotopic (exact) mass is 1080 g/mol. The number of aliphatic carboxylic acids is 1. The average Bonchev–Trinajstić information content (AvgIpc) is 3.91. The predicted octanol–water partition coefficient (Wildman–Crippen LogP) is -2.19. The van der Waals surface area contributed by atoms with Crippen LogP contribution in [0.15, 0.2) is 71.7 Å². The van der Waals surface area contributed by atoms with Gasteiger partial charge in [-0.3, -0.25) is 43.3 Å². The van der Waals surface area contributed by atoms with Crippen LogP contribution in [-0.2, 0) is 56.2 Å². The van der Waals surface area contributed by atoms with Crippen LogP contribution in [0.25, 0.3) is 0 Å². The van der Waals surface area contributed by atoms with Gasteiger partial charge in [0, 0.05) is 19.5 Å². The van der Waals surface area contributed by atoms with E-state index in [0.29, 0.717) is 37.2 Å². The summed E-state index contributed by atoms with van der Waals surface area (Å²) in [6.45, 7) is 2.98. The number of likely N-dealkylation sites (tertiary alicyclic amines) is 1. The second kappa shape index (κ2) is 32.1. The number of benzene rings is 2. The van der Waals surface area contributed by atoms with Gasteiger partial charge in [-0.05, 0) is 99.9 Å². The Bertz CT molecular complexity index is 2370. The van der Waals surface area contributed by atoms with Crippen LogP contribution in [0.3, 0.4) is 0 Å². The molecule has 4 rings (SSSR count). The molecule has 8 atom stereocenters. The van der Waals surface area contributed by atoms with E-state index in [1.165, 1.54) is 17.1 Å². The standard InChI is InChI=1S/C52H77N13O12/c1-31(2)26-39-48(72)64-41(29-66)49(73)61-37(15-7-6-14-35(54)44(68)59-38(47(71)62-39)17-10-24-57-52(55)56)46(70)60-36(16-8-9-23-53)45(69)58-28-43(67)65-25-11-18-42(65)50(74)63-40(51(75)76)27-32-19-21-34(22-20-32)77-30-33-12-4-3-5-13-33/h3-7,12-13,19-22,31,35-42,66H,8-11,14-18,23-30,53-54H2,1-2H3,(H,58,69)(H,59,68)(H,60,70)(H,61,73)(H,62,71)(H,63,74)(H,64,72)(H,75,76)(H4,55,56,57)/b7-6-/t35-,36-,37-,38-,39-,40-,41-,42-/m0/s1.